The van der Waals surface area contributed by atoms with Crippen molar-refractivity contribution < 1.29 is 0 Å². The van der Waals surface area contributed by atoms with E-state index >= 15 is 0 Å². The summed E-state index contributed by atoms with van der Waals surface area (Å²) in [5, 5.41) is 4.27. The third kappa shape index (κ3) is 5.00. The van der Waals surface area contributed by atoms with Crippen LogP contribution in [0.4, 0.5) is 0 Å². The van der Waals surface area contributed by atoms with Crippen molar-refractivity contribution in [2.45, 2.75) is 39.7 Å². The molecule has 1 rings (SSSR count). The summed E-state index contributed by atoms with van der Waals surface area (Å²) >= 11 is 5.86. The number of rotatable bonds is 6. The Balaban J connectivity index is 2.39. The molecule has 0 fully saturated rings. The van der Waals surface area contributed by atoms with Crippen LogP contribution in [0.15, 0.2) is 24.3 Å². The summed E-state index contributed by atoms with van der Waals surface area (Å²) in [5.41, 5.74) is 1.38. The van der Waals surface area contributed by atoms with Crippen LogP contribution >= 0.6 is 11.6 Å². The molecule has 2 atom stereocenters. The lowest BCUT2D eigenvalue weighted by molar-refractivity contribution is 0.426. The number of halogens is 1. The summed E-state index contributed by atoms with van der Waals surface area (Å²) in [6.07, 6.45) is 2.35. The smallest absolute Gasteiger partial charge is 0.0406 e. The van der Waals surface area contributed by atoms with Gasteiger partial charge in [0.2, 0.25) is 0 Å². The Labute approximate surface area is 104 Å². The molecule has 0 amide bonds. The molecule has 0 aliphatic carbocycles. The van der Waals surface area contributed by atoms with E-state index in [2.05, 4.69) is 38.2 Å². The van der Waals surface area contributed by atoms with Crippen molar-refractivity contribution in [3.05, 3.63) is 34.9 Å². The monoisotopic (exact) mass is 239 g/mol. The Morgan fingerprint density at radius 3 is 2.38 bits per heavy atom. The number of nitrogens with one attached hydrogen (secondary N) is 1. The zero-order valence-electron chi connectivity index (χ0n) is 10.5. The summed E-state index contributed by atoms with van der Waals surface area (Å²) < 4.78 is 0. The number of hydrogen-bond donors (Lipinski definition) is 1. The van der Waals surface area contributed by atoms with Gasteiger partial charge in [-0.15, -0.1) is 0 Å². The van der Waals surface area contributed by atoms with Crippen molar-refractivity contribution >= 4 is 11.6 Å². The van der Waals surface area contributed by atoms with Crippen molar-refractivity contribution in [2.24, 2.45) is 5.92 Å². The second kappa shape index (κ2) is 6.93. The van der Waals surface area contributed by atoms with Gasteiger partial charge < -0.3 is 5.32 Å². The second-order valence-corrected chi connectivity index (χ2v) is 5.07. The molecule has 90 valence electrons. The first-order valence-corrected chi connectivity index (χ1v) is 6.47. The quantitative estimate of drug-likeness (QED) is 0.794. The standard InChI is InChI=1S/C14H22ClN/c1-4-16-12(3)9-11(2)10-13-5-7-14(15)8-6-13/h5-8,11-12,16H,4,9-10H2,1-3H3. The third-order valence-electron chi connectivity index (χ3n) is 2.81. The van der Waals surface area contributed by atoms with Gasteiger partial charge in [-0.25, -0.2) is 0 Å². The summed E-state index contributed by atoms with van der Waals surface area (Å²) in [6.45, 7) is 7.76. The van der Waals surface area contributed by atoms with E-state index in [9.17, 15) is 0 Å². The van der Waals surface area contributed by atoms with E-state index in [1.807, 2.05) is 12.1 Å². The average Bonchev–Trinajstić information content (AvgIpc) is 2.21. The van der Waals surface area contributed by atoms with Gasteiger partial charge in [0, 0.05) is 11.1 Å². The molecule has 1 N–H and O–H groups in total. The average molecular weight is 240 g/mol. The zero-order valence-corrected chi connectivity index (χ0v) is 11.2. The number of hydrogen-bond acceptors (Lipinski definition) is 1. The first-order valence-electron chi connectivity index (χ1n) is 6.09. The summed E-state index contributed by atoms with van der Waals surface area (Å²) in [7, 11) is 0. The molecule has 0 spiro atoms. The molecular weight excluding hydrogens is 218 g/mol. The Morgan fingerprint density at radius 2 is 1.81 bits per heavy atom. The van der Waals surface area contributed by atoms with Crippen LogP contribution in [-0.4, -0.2) is 12.6 Å². The highest BCUT2D eigenvalue weighted by atomic mass is 35.5. The predicted octanol–water partition coefficient (Wildman–Crippen LogP) is 3.91. The van der Waals surface area contributed by atoms with Crippen LogP contribution < -0.4 is 5.32 Å². The number of benzene rings is 1. The third-order valence-corrected chi connectivity index (χ3v) is 3.06. The Morgan fingerprint density at radius 1 is 1.19 bits per heavy atom. The van der Waals surface area contributed by atoms with Gasteiger partial charge in [-0.05, 0) is 49.9 Å². The maximum atomic E-state index is 5.86. The molecule has 0 bridgehead atoms. The van der Waals surface area contributed by atoms with E-state index in [-0.39, 0.29) is 0 Å². The molecular formula is C14H22ClN. The van der Waals surface area contributed by atoms with Crippen LogP contribution in [0, 0.1) is 5.92 Å². The first kappa shape index (κ1) is 13.5. The van der Waals surface area contributed by atoms with Crippen molar-refractivity contribution in [1.29, 1.82) is 0 Å². The molecule has 0 aromatic heterocycles. The SMILES string of the molecule is CCNC(C)CC(C)Cc1ccc(Cl)cc1. The molecule has 0 radical (unpaired) electrons. The van der Waals surface area contributed by atoms with Gasteiger partial charge in [-0.2, -0.15) is 0 Å². The highest BCUT2D eigenvalue weighted by molar-refractivity contribution is 6.30. The first-order chi connectivity index (χ1) is 7.61. The molecule has 0 saturated heterocycles. The van der Waals surface area contributed by atoms with Crippen LogP contribution in [0.3, 0.4) is 0 Å². The zero-order chi connectivity index (χ0) is 12.0. The van der Waals surface area contributed by atoms with E-state index < -0.39 is 0 Å². The summed E-state index contributed by atoms with van der Waals surface area (Å²) in [5.74, 6) is 0.704. The van der Waals surface area contributed by atoms with Crippen LogP contribution in [0.1, 0.15) is 32.8 Å². The molecule has 0 aliphatic rings. The highest BCUT2D eigenvalue weighted by Gasteiger charge is 2.08. The van der Waals surface area contributed by atoms with Gasteiger partial charge in [-0.1, -0.05) is 37.6 Å². The molecule has 0 aliphatic heterocycles. The minimum atomic E-state index is 0.604. The topological polar surface area (TPSA) is 12.0 Å². The van der Waals surface area contributed by atoms with E-state index in [0.717, 1.165) is 18.0 Å². The van der Waals surface area contributed by atoms with Gasteiger partial charge >= 0.3 is 0 Å². The van der Waals surface area contributed by atoms with Crippen molar-refractivity contribution in [1.82, 2.24) is 5.32 Å². The minimum absolute atomic E-state index is 0.604. The Hall–Kier alpha value is -0.530. The fourth-order valence-corrected chi connectivity index (χ4v) is 2.27. The molecule has 1 nitrogen and oxygen atoms in total. The van der Waals surface area contributed by atoms with Crippen molar-refractivity contribution in [3.8, 4) is 0 Å². The van der Waals surface area contributed by atoms with Gasteiger partial charge in [0.1, 0.15) is 0 Å². The van der Waals surface area contributed by atoms with Crippen LogP contribution in [0.2, 0.25) is 5.02 Å². The van der Waals surface area contributed by atoms with Crippen LogP contribution in [-0.2, 0) is 6.42 Å². The summed E-state index contributed by atoms with van der Waals surface area (Å²) in [6, 6.07) is 8.79. The molecule has 0 heterocycles. The lowest BCUT2D eigenvalue weighted by Gasteiger charge is -2.17. The fourth-order valence-electron chi connectivity index (χ4n) is 2.14. The van der Waals surface area contributed by atoms with E-state index in [1.54, 1.807) is 0 Å². The maximum Gasteiger partial charge on any atom is 0.0406 e. The summed E-state index contributed by atoms with van der Waals surface area (Å²) in [4.78, 5) is 0. The van der Waals surface area contributed by atoms with Gasteiger partial charge in [0.05, 0.1) is 0 Å². The Bertz CT molecular complexity index is 294. The van der Waals surface area contributed by atoms with E-state index in [1.165, 1.54) is 12.0 Å². The Kier molecular flexibility index (Phi) is 5.86. The molecule has 2 unspecified atom stereocenters. The van der Waals surface area contributed by atoms with Crippen LogP contribution in [0.5, 0.6) is 0 Å². The van der Waals surface area contributed by atoms with Gasteiger partial charge in [-0.3, -0.25) is 0 Å². The van der Waals surface area contributed by atoms with Gasteiger partial charge in [0.25, 0.3) is 0 Å². The lowest BCUT2D eigenvalue weighted by Crippen LogP contribution is -2.27. The minimum Gasteiger partial charge on any atom is -0.315 e. The molecule has 0 saturated carbocycles. The predicted molar refractivity (Wildman–Crippen MR) is 72.1 cm³/mol. The van der Waals surface area contributed by atoms with Crippen molar-refractivity contribution in [3.63, 3.8) is 0 Å². The van der Waals surface area contributed by atoms with E-state index in [0.29, 0.717) is 12.0 Å². The van der Waals surface area contributed by atoms with Gasteiger partial charge in [0.15, 0.2) is 0 Å². The lowest BCUT2D eigenvalue weighted by atomic mass is 9.95. The molecule has 16 heavy (non-hydrogen) atoms. The fraction of sp³-hybridized carbons (Fsp3) is 0.571. The molecule has 2 heteroatoms. The highest BCUT2D eigenvalue weighted by Crippen LogP contribution is 2.16. The molecule has 1 aromatic carbocycles. The van der Waals surface area contributed by atoms with Crippen LogP contribution in [0.25, 0.3) is 0 Å². The maximum absolute atomic E-state index is 5.86. The molecule has 1 aromatic rings. The van der Waals surface area contributed by atoms with E-state index in [4.69, 9.17) is 11.6 Å². The van der Waals surface area contributed by atoms with Crippen molar-refractivity contribution in [2.75, 3.05) is 6.54 Å². The largest absolute Gasteiger partial charge is 0.315 e. The second-order valence-electron chi connectivity index (χ2n) is 4.63. The normalized spacial score (nSPS) is 14.8.